The minimum Gasteiger partial charge on any atom is -0.377 e. The molecule has 0 saturated carbocycles. The van der Waals surface area contributed by atoms with Gasteiger partial charge in [-0.2, -0.15) is 0 Å². The molecule has 3 aliphatic rings. The summed E-state index contributed by atoms with van der Waals surface area (Å²) in [6.07, 6.45) is 4.83. The van der Waals surface area contributed by atoms with Crippen LogP contribution >= 0.6 is 0 Å². The van der Waals surface area contributed by atoms with Crippen LogP contribution in [0, 0.1) is 5.92 Å². The molecule has 0 aromatic carbocycles. The molecule has 120 valence electrons. The topological polar surface area (TPSA) is 44.8 Å². The lowest BCUT2D eigenvalue weighted by atomic mass is 9.92. The van der Waals surface area contributed by atoms with E-state index in [2.05, 4.69) is 22.0 Å². The highest BCUT2D eigenvalue weighted by Crippen LogP contribution is 2.20. The molecular formula is C16H29N3O2. The SMILES string of the molecule is CC1CC(C(=O)N2CCN(CC3CCCO3)CC2)CCN1. The number of amides is 1. The van der Waals surface area contributed by atoms with Crippen molar-refractivity contribution in [2.24, 2.45) is 5.92 Å². The third-order valence-electron chi connectivity index (χ3n) is 5.14. The zero-order chi connectivity index (χ0) is 14.7. The highest BCUT2D eigenvalue weighted by Gasteiger charge is 2.31. The average molecular weight is 295 g/mol. The minimum atomic E-state index is 0.242. The predicted molar refractivity (Wildman–Crippen MR) is 82.2 cm³/mol. The van der Waals surface area contributed by atoms with E-state index in [0.29, 0.717) is 18.1 Å². The van der Waals surface area contributed by atoms with Crippen molar-refractivity contribution in [3.63, 3.8) is 0 Å². The van der Waals surface area contributed by atoms with Gasteiger partial charge in [-0.15, -0.1) is 0 Å². The maximum atomic E-state index is 12.6. The molecule has 3 fully saturated rings. The van der Waals surface area contributed by atoms with Crippen molar-refractivity contribution in [1.29, 1.82) is 0 Å². The summed E-state index contributed by atoms with van der Waals surface area (Å²) in [5.74, 6) is 0.631. The number of nitrogens with zero attached hydrogens (tertiary/aromatic N) is 2. The fourth-order valence-electron chi connectivity index (χ4n) is 3.84. The van der Waals surface area contributed by atoms with Gasteiger partial charge in [0.1, 0.15) is 0 Å². The van der Waals surface area contributed by atoms with Crippen LogP contribution in [0.2, 0.25) is 0 Å². The number of ether oxygens (including phenoxy) is 1. The van der Waals surface area contributed by atoms with Gasteiger partial charge in [-0.1, -0.05) is 0 Å². The first-order chi connectivity index (χ1) is 10.2. The molecule has 3 saturated heterocycles. The molecule has 0 aromatic rings. The van der Waals surface area contributed by atoms with Crippen molar-refractivity contribution in [2.75, 3.05) is 45.9 Å². The van der Waals surface area contributed by atoms with E-state index in [1.807, 2.05) is 0 Å². The molecule has 0 bridgehead atoms. The van der Waals surface area contributed by atoms with Gasteiger partial charge in [0.15, 0.2) is 0 Å². The summed E-state index contributed by atoms with van der Waals surface area (Å²) in [5, 5.41) is 3.42. The maximum absolute atomic E-state index is 12.6. The Hall–Kier alpha value is -0.650. The van der Waals surface area contributed by atoms with Crippen LogP contribution in [-0.4, -0.2) is 73.7 Å². The van der Waals surface area contributed by atoms with Crippen LogP contribution in [-0.2, 0) is 9.53 Å². The van der Waals surface area contributed by atoms with E-state index in [4.69, 9.17) is 4.74 Å². The van der Waals surface area contributed by atoms with E-state index in [-0.39, 0.29) is 5.92 Å². The summed E-state index contributed by atoms with van der Waals surface area (Å²) in [6, 6.07) is 0.480. The number of piperazine rings is 1. The maximum Gasteiger partial charge on any atom is 0.225 e. The second-order valence-corrected chi connectivity index (χ2v) is 6.84. The first-order valence-electron chi connectivity index (χ1n) is 8.58. The number of carbonyl (C=O) groups excluding carboxylic acids is 1. The Bertz CT molecular complexity index is 349. The first-order valence-corrected chi connectivity index (χ1v) is 8.58. The summed E-state index contributed by atoms with van der Waals surface area (Å²) in [5.41, 5.74) is 0. The normalized spacial score (nSPS) is 35.1. The van der Waals surface area contributed by atoms with E-state index < -0.39 is 0 Å². The largest absolute Gasteiger partial charge is 0.377 e. The molecule has 0 spiro atoms. The Balaban J connectivity index is 1.43. The van der Waals surface area contributed by atoms with E-state index in [1.54, 1.807) is 0 Å². The van der Waals surface area contributed by atoms with Crippen molar-refractivity contribution < 1.29 is 9.53 Å². The Morgan fingerprint density at radius 2 is 2.05 bits per heavy atom. The smallest absolute Gasteiger partial charge is 0.225 e. The monoisotopic (exact) mass is 295 g/mol. The molecule has 3 atom stereocenters. The second-order valence-electron chi connectivity index (χ2n) is 6.84. The van der Waals surface area contributed by atoms with E-state index in [1.165, 1.54) is 12.8 Å². The fourth-order valence-corrected chi connectivity index (χ4v) is 3.84. The van der Waals surface area contributed by atoms with Gasteiger partial charge in [-0.05, 0) is 39.2 Å². The summed E-state index contributed by atoms with van der Waals surface area (Å²) in [4.78, 5) is 17.2. The van der Waals surface area contributed by atoms with Crippen molar-refractivity contribution in [3.05, 3.63) is 0 Å². The van der Waals surface area contributed by atoms with Gasteiger partial charge in [-0.3, -0.25) is 9.69 Å². The molecule has 1 N–H and O–H groups in total. The molecule has 3 unspecified atom stereocenters. The van der Waals surface area contributed by atoms with Crippen LogP contribution < -0.4 is 5.32 Å². The third-order valence-corrected chi connectivity index (χ3v) is 5.14. The molecule has 5 heteroatoms. The Kier molecular flexibility index (Phi) is 5.14. The zero-order valence-electron chi connectivity index (χ0n) is 13.2. The van der Waals surface area contributed by atoms with Gasteiger partial charge >= 0.3 is 0 Å². The molecule has 0 aromatic heterocycles. The van der Waals surface area contributed by atoms with Gasteiger partial charge in [0, 0.05) is 51.3 Å². The minimum absolute atomic E-state index is 0.242. The number of carbonyl (C=O) groups is 1. The molecule has 0 aliphatic carbocycles. The van der Waals surface area contributed by atoms with Crippen LogP contribution in [0.1, 0.15) is 32.6 Å². The zero-order valence-corrected chi connectivity index (χ0v) is 13.2. The standard InChI is InChI=1S/C16H29N3O2/c1-13-11-14(4-5-17-13)16(20)19-8-6-18(7-9-19)12-15-3-2-10-21-15/h13-15,17H,2-12H2,1H3. The van der Waals surface area contributed by atoms with Gasteiger partial charge < -0.3 is 15.0 Å². The molecular weight excluding hydrogens is 266 g/mol. The summed E-state index contributed by atoms with van der Waals surface area (Å²) in [6.45, 7) is 8.94. The summed E-state index contributed by atoms with van der Waals surface area (Å²) in [7, 11) is 0. The van der Waals surface area contributed by atoms with Crippen LogP contribution in [0.5, 0.6) is 0 Å². The molecule has 3 rings (SSSR count). The van der Waals surface area contributed by atoms with Crippen molar-refractivity contribution in [1.82, 2.24) is 15.1 Å². The predicted octanol–water partition coefficient (Wildman–Crippen LogP) is 0.698. The molecule has 3 aliphatic heterocycles. The molecule has 5 nitrogen and oxygen atoms in total. The molecule has 0 radical (unpaired) electrons. The average Bonchev–Trinajstić information content (AvgIpc) is 3.00. The highest BCUT2D eigenvalue weighted by molar-refractivity contribution is 5.79. The molecule has 3 heterocycles. The van der Waals surface area contributed by atoms with Gasteiger partial charge in [-0.25, -0.2) is 0 Å². The quantitative estimate of drug-likeness (QED) is 0.832. The van der Waals surface area contributed by atoms with Crippen molar-refractivity contribution in [2.45, 2.75) is 44.8 Å². The van der Waals surface area contributed by atoms with Crippen LogP contribution in [0.25, 0.3) is 0 Å². The van der Waals surface area contributed by atoms with E-state index >= 15 is 0 Å². The number of nitrogens with one attached hydrogen (secondary N) is 1. The van der Waals surface area contributed by atoms with Crippen molar-refractivity contribution in [3.8, 4) is 0 Å². The van der Waals surface area contributed by atoms with Crippen LogP contribution in [0.4, 0.5) is 0 Å². The van der Waals surface area contributed by atoms with Gasteiger partial charge in [0.05, 0.1) is 6.10 Å². The first kappa shape index (κ1) is 15.3. The van der Waals surface area contributed by atoms with Crippen molar-refractivity contribution >= 4 is 5.91 Å². The number of hydrogen-bond acceptors (Lipinski definition) is 4. The second kappa shape index (κ2) is 7.07. The van der Waals surface area contributed by atoms with Crippen LogP contribution in [0.15, 0.2) is 0 Å². The van der Waals surface area contributed by atoms with E-state index in [9.17, 15) is 4.79 Å². The number of rotatable bonds is 3. The lowest BCUT2D eigenvalue weighted by Crippen LogP contribution is -2.53. The molecule has 1 amide bonds. The number of piperidine rings is 1. The number of hydrogen-bond donors (Lipinski definition) is 1. The summed E-state index contributed by atoms with van der Waals surface area (Å²) >= 11 is 0. The van der Waals surface area contributed by atoms with Gasteiger partial charge in [0.2, 0.25) is 5.91 Å². The summed E-state index contributed by atoms with van der Waals surface area (Å²) < 4.78 is 5.71. The third kappa shape index (κ3) is 3.96. The van der Waals surface area contributed by atoms with Gasteiger partial charge in [0.25, 0.3) is 0 Å². The lowest BCUT2D eigenvalue weighted by Gasteiger charge is -2.38. The lowest BCUT2D eigenvalue weighted by molar-refractivity contribution is -0.138. The Morgan fingerprint density at radius 1 is 1.24 bits per heavy atom. The Labute approximate surface area is 128 Å². The highest BCUT2D eigenvalue weighted by atomic mass is 16.5. The van der Waals surface area contributed by atoms with E-state index in [0.717, 1.165) is 58.7 Å². The fraction of sp³-hybridized carbons (Fsp3) is 0.938. The Morgan fingerprint density at radius 3 is 2.71 bits per heavy atom. The van der Waals surface area contributed by atoms with Crippen LogP contribution in [0.3, 0.4) is 0 Å². The molecule has 21 heavy (non-hydrogen) atoms.